The molecule has 90 valence electrons. The van der Waals surface area contributed by atoms with Crippen molar-refractivity contribution < 1.29 is 14.3 Å². The van der Waals surface area contributed by atoms with Gasteiger partial charge in [0.15, 0.2) is 0 Å². The van der Waals surface area contributed by atoms with E-state index in [1.54, 1.807) is 20.3 Å². The number of ether oxygens (including phenoxy) is 2. The van der Waals surface area contributed by atoms with Gasteiger partial charge >= 0.3 is 0 Å². The van der Waals surface area contributed by atoms with E-state index in [1.807, 2.05) is 12.1 Å². The summed E-state index contributed by atoms with van der Waals surface area (Å²) in [6, 6.07) is 3.63. The average molecular weight is 298 g/mol. The Morgan fingerprint density at radius 3 is 2.35 bits per heavy atom. The maximum Gasteiger partial charge on any atom is 0.235 e. The quantitative estimate of drug-likeness (QED) is 0.634. The Balaban J connectivity index is 2.61. The normalized spacial score (nSPS) is 15.9. The van der Waals surface area contributed by atoms with E-state index >= 15 is 0 Å². The summed E-state index contributed by atoms with van der Waals surface area (Å²) >= 11 is 3.48. The van der Waals surface area contributed by atoms with Crippen LogP contribution in [-0.4, -0.2) is 20.3 Å². The van der Waals surface area contributed by atoms with Crippen molar-refractivity contribution in [1.29, 1.82) is 0 Å². The third-order valence-corrected chi connectivity index (χ3v) is 3.74. The molecule has 0 heterocycles. The summed E-state index contributed by atoms with van der Waals surface area (Å²) in [7, 11) is 3.19. The molecule has 0 atom stereocenters. The molecule has 1 aromatic carbocycles. The van der Waals surface area contributed by atoms with E-state index in [9.17, 15) is 4.79 Å². The smallest absolute Gasteiger partial charge is 0.235 e. The van der Waals surface area contributed by atoms with Crippen LogP contribution >= 0.6 is 15.9 Å². The molecule has 4 nitrogen and oxygen atoms in total. The molecule has 1 aliphatic rings. The van der Waals surface area contributed by atoms with E-state index in [-0.39, 0.29) is 0 Å². The van der Waals surface area contributed by atoms with Crippen LogP contribution in [0.3, 0.4) is 0 Å². The van der Waals surface area contributed by atoms with Crippen molar-refractivity contribution in [3.8, 4) is 11.5 Å². The number of nitrogens with zero attached hydrogens (tertiary/aromatic N) is 1. The van der Waals surface area contributed by atoms with E-state index < -0.39 is 5.54 Å². The number of hydrogen-bond donors (Lipinski definition) is 0. The van der Waals surface area contributed by atoms with Gasteiger partial charge in [-0.2, -0.15) is 4.99 Å². The van der Waals surface area contributed by atoms with Gasteiger partial charge in [0.2, 0.25) is 6.08 Å². The molecule has 1 fully saturated rings. The average Bonchev–Trinajstić information content (AvgIpc) is 3.09. The topological polar surface area (TPSA) is 47.9 Å². The van der Waals surface area contributed by atoms with Crippen molar-refractivity contribution in [3.05, 3.63) is 22.2 Å². The molecule has 0 radical (unpaired) electrons. The van der Waals surface area contributed by atoms with E-state index in [0.717, 1.165) is 22.9 Å². The molecular weight excluding hydrogens is 286 g/mol. The van der Waals surface area contributed by atoms with Gasteiger partial charge in [-0.1, -0.05) is 0 Å². The van der Waals surface area contributed by atoms with Crippen LogP contribution in [0.4, 0.5) is 0 Å². The van der Waals surface area contributed by atoms with Gasteiger partial charge < -0.3 is 9.47 Å². The Morgan fingerprint density at radius 2 is 1.88 bits per heavy atom. The van der Waals surface area contributed by atoms with E-state index in [4.69, 9.17) is 9.47 Å². The number of halogens is 1. The zero-order valence-electron chi connectivity index (χ0n) is 9.62. The summed E-state index contributed by atoms with van der Waals surface area (Å²) in [5, 5.41) is 0. The molecule has 2 rings (SSSR count). The zero-order chi connectivity index (χ0) is 12.5. The Morgan fingerprint density at radius 1 is 1.29 bits per heavy atom. The lowest BCUT2D eigenvalue weighted by atomic mass is 10.0. The van der Waals surface area contributed by atoms with Gasteiger partial charge in [0, 0.05) is 5.56 Å². The first-order valence-electron chi connectivity index (χ1n) is 5.18. The number of rotatable bonds is 4. The molecule has 0 spiro atoms. The van der Waals surface area contributed by atoms with E-state index in [0.29, 0.717) is 11.5 Å². The number of hydrogen-bond acceptors (Lipinski definition) is 4. The molecule has 0 saturated heterocycles. The Kier molecular flexibility index (Phi) is 3.22. The van der Waals surface area contributed by atoms with Crippen molar-refractivity contribution in [1.82, 2.24) is 0 Å². The predicted molar refractivity (Wildman–Crippen MR) is 66.3 cm³/mol. The first-order chi connectivity index (χ1) is 8.18. The molecule has 0 amide bonds. The fourth-order valence-corrected chi connectivity index (χ4v) is 2.78. The molecule has 0 aromatic heterocycles. The van der Waals surface area contributed by atoms with Crippen molar-refractivity contribution in [3.63, 3.8) is 0 Å². The summed E-state index contributed by atoms with van der Waals surface area (Å²) in [4.78, 5) is 14.4. The third kappa shape index (κ3) is 1.96. The van der Waals surface area contributed by atoms with Crippen LogP contribution in [0.15, 0.2) is 21.6 Å². The summed E-state index contributed by atoms with van der Waals surface area (Å²) in [5.74, 6) is 1.40. The standard InChI is InChI=1S/C12H12BrNO3/c1-16-8-3-4-9(17-2)11(13)10(8)12(5-6-12)14-7-15/h3-4H,5-6H2,1-2H3. The first kappa shape index (κ1) is 12.1. The van der Waals surface area contributed by atoms with Crippen LogP contribution in [0.5, 0.6) is 11.5 Å². The molecule has 17 heavy (non-hydrogen) atoms. The van der Waals surface area contributed by atoms with Gasteiger partial charge in [-0.05, 0) is 40.9 Å². The highest BCUT2D eigenvalue weighted by atomic mass is 79.9. The number of benzene rings is 1. The second-order valence-electron chi connectivity index (χ2n) is 3.89. The van der Waals surface area contributed by atoms with Crippen LogP contribution in [0.2, 0.25) is 0 Å². The van der Waals surface area contributed by atoms with E-state index in [2.05, 4.69) is 20.9 Å². The van der Waals surface area contributed by atoms with Crippen molar-refractivity contribution in [2.75, 3.05) is 14.2 Å². The third-order valence-electron chi connectivity index (χ3n) is 2.96. The van der Waals surface area contributed by atoms with Gasteiger partial charge in [-0.25, -0.2) is 4.79 Å². The number of aliphatic imine (C=N–C) groups is 1. The number of isocyanates is 1. The van der Waals surface area contributed by atoms with Gasteiger partial charge in [-0.3, -0.25) is 0 Å². The van der Waals surface area contributed by atoms with E-state index in [1.165, 1.54) is 0 Å². The van der Waals surface area contributed by atoms with Crippen LogP contribution in [-0.2, 0) is 10.3 Å². The first-order valence-corrected chi connectivity index (χ1v) is 5.98. The maximum absolute atomic E-state index is 10.5. The van der Waals surface area contributed by atoms with Gasteiger partial charge in [-0.15, -0.1) is 0 Å². The highest BCUT2D eigenvalue weighted by Crippen LogP contribution is 2.56. The zero-order valence-corrected chi connectivity index (χ0v) is 11.2. The second kappa shape index (κ2) is 4.51. The molecule has 0 N–H and O–H groups in total. The van der Waals surface area contributed by atoms with Gasteiger partial charge in [0.25, 0.3) is 0 Å². The van der Waals surface area contributed by atoms with Crippen molar-refractivity contribution in [2.45, 2.75) is 18.4 Å². The summed E-state index contributed by atoms with van der Waals surface area (Å²) < 4.78 is 11.4. The highest BCUT2D eigenvalue weighted by molar-refractivity contribution is 9.10. The monoisotopic (exact) mass is 297 g/mol. The summed E-state index contributed by atoms with van der Waals surface area (Å²) in [5.41, 5.74) is 0.378. The molecule has 0 aliphatic heterocycles. The van der Waals surface area contributed by atoms with Crippen LogP contribution in [0.25, 0.3) is 0 Å². The fraction of sp³-hybridized carbons (Fsp3) is 0.417. The second-order valence-corrected chi connectivity index (χ2v) is 4.69. The Labute approximate surface area is 108 Å². The molecule has 1 aliphatic carbocycles. The lowest BCUT2D eigenvalue weighted by Gasteiger charge is -2.17. The van der Waals surface area contributed by atoms with Gasteiger partial charge in [0.05, 0.1) is 18.7 Å². The van der Waals surface area contributed by atoms with Crippen molar-refractivity contribution >= 4 is 22.0 Å². The molecule has 1 aromatic rings. The summed E-state index contributed by atoms with van der Waals surface area (Å²) in [6.45, 7) is 0. The molecule has 5 heteroatoms. The predicted octanol–water partition coefficient (Wildman–Crippen LogP) is 2.79. The Hall–Kier alpha value is -1.32. The molecule has 0 unspecified atom stereocenters. The molecule has 0 bridgehead atoms. The van der Waals surface area contributed by atoms with Crippen LogP contribution < -0.4 is 9.47 Å². The van der Waals surface area contributed by atoms with Gasteiger partial charge in [0.1, 0.15) is 17.0 Å². The van der Waals surface area contributed by atoms with Crippen LogP contribution in [0, 0.1) is 0 Å². The minimum Gasteiger partial charge on any atom is -0.496 e. The summed E-state index contributed by atoms with van der Waals surface area (Å²) in [6.07, 6.45) is 3.29. The largest absolute Gasteiger partial charge is 0.496 e. The number of methoxy groups -OCH3 is 2. The van der Waals surface area contributed by atoms with Crippen LogP contribution in [0.1, 0.15) is 18.4 Å². The molecular formula is C12H12BrNO3. The SMILES string of the molecule is COc1ccc(OC)c(C2(N=C=O)CC2)c1Br. The molecule has 1 saturated carbocycles. The minimum atomic E-state index is -0.486. The lowest BCUT2D eigenvalue weighted by molar-refractivity contribution is 0.391. The minimum absolute atomic E-state index is 0.486. The van der Waals surface area contributed by atoms with Crippen molar-refractivity contribution in [2.24, 2.45) is 4.99 Å². The highest BCUT2D eigenvalue weighted by Gasteiger charge is 2.48. The Bertz CT molecular complexity index is 491. The lowest BCUT2D eigenvalue weighted by Crippen LogP contribution is -2.07. The number of carbonyl (C=O) groups excluding carboxylic acids is 1. The fourth-order valence-electron chi connectivity index (χ4n) is 1.92. The maximum atomic E-state index is 10.5.